The van der Waals surface area contributed by atoms with Crippen molar-refractivity contribution in [1.82, 2.24) is 10.2 Å². The van der Waals surface area contributed by atoms with Gasteiger partial charge in [0.15, 0.2) is 0 Å². The number of rotatable bonds is 4. The van der Waals surface area contributed by atoms with Crippen molar-refractivity contribution in [2.75, 3.05) is 19.6 Å². The maximum atomic E-state index is 11.8. The maximum Gasteiger partial charge on any atom is 0.317 e. The lowest BCUT2D eigenvalue weighted by molar-refractivity contribution is 0.126. The standard InChI is InChI=1S/C13H26N2O/c1-4-6-9-14-12(16)15-10-7-13(3,5-2)8-11-15/h4-11H2,1-3H3,(H,14,16). The molecule has 1 aliphatic rings. The van der Waals surface area contributed by atoms with Crippen LogP contribution >= 0.6 is 0 Å². The molecule has 94 valence electrons. The molecular formula is C13H26N2O. The molecule has 0 unspecified atom stereocenters. The second kappa shape index (κ2) is 6.12. The SMILES string of the molecule is CCCCNC(=O)N1CCC(C)(CC)CC1. The van der Waals surface area contributed by atoms with Gasteiger partial charge < -0.3 is 10.2 Å². The number of amides is 2. The molecule has 0 saturated carbocycles. The first-order valence-corrected chi connectivity index (χ1v) is 6.64. The monoisotopic (exact) mass is 226 g/mol. The van der Waals surface area contributed by atoms with Crippen molar-refractivity contribution >= 4 is 6.03 Å². The average molecular weight is 226 g/mol. The summed E-state index contributed by atoms with van der Waals surface area (Å²) in [7, 11) is 0. The summed E-state index contributed by atoms with van der Waals surface area (Å²) in [5.41, 5.74) is 0.459. The number of unbranched alkanes of at least 4 members (excludes halogenated alkanes) is 1. The fourth-order valence-electron chi connectivity index (χ4n) is 2.09. The van der Waals surface area contributed by atoms with E-state index in [1.165, 1.54) is 6.42 Å². The lowest BCUT2D eigenvalue weighted by Gasteiger charge is -2.38. The summed E-state index contributed by atoms with van der Waals surface area (Å²) in [5, 5.41) is 2.99. The van der Waals surface area contributed by atoms with Gasteiger partial charge in [-0.15, -0.1) is 0 Å². The topological polar surface area (TPSA) is 32.3 Å². The summed E-state index contributed by atoms with van der Waals surface area (Å²) < 4.78 is 0. The largest absolute Gasteiger partial charge is 0.338 e. The number of hydrogen-bond acceptors (Lipinski definition) is 1. The van der Waals surface area contributed by atoms with Crippen molar-refractivity contribution < 1.29 is 4.79 Å². The molecule has 0 aromatic carbocycles. The second-order valence-electron chi connectivity index (χ2n) is 5.24. The fourth-order valence-corrected chi connectivity index (χ4v) is 2.09. The Kier molecular flexibility index (Phi) is 5.10. The molecule has 1 aliphatic heterocycles. The number of nitrogens with zero attached hydrogens (tertiary/aromatic N) is 1. The van der Waals surface area contributed by atoms with E-state index in [0.29, 0.717) is 5.41 Å². The molecule has 1 N–H and O–H groups in total. The van der Waals surface area contributed by atoms with Gasteiger partial charge in [-0.25, -0.2) is 4.79 Å². The number of hydrogen-bond donors (Lipinski definition) is 1. The third-order valence-corrected chi connectivity index (χ3v) is 3.92. The van der Waals surface area contributed by atoms with Gasteiger partial charge in [0.2, 0.25) is 0 Å². The normalized spacial score (nSPS) is 19.6. The molecular weight excluding hydrogens is 200 g/mol. The Bertz CT molecular complexity index is 220. The van der Waals surface area contributed by atoms with E-state index < -0.39 is 0 Å². The average Bonchev–Trinajstić information content (AvgIpc) is 2.30. The zero-order valence-electron chi connectivity index (χ0n) is 11.0. The minimum Gasteiger partial charge on any atom is -0.338 e. The highest BCUT2D eigenvalue weighted by Crippen LogP contribution is 2.33. The predicted octanol–water partition coefficient (Wildman–Crippen LogP) is 3.01. The molecule has 0 radical (unpaired) electrons. The number of nitrogens with one attached hydrogen (secondary N) is 1. The van der Waals surface area contributed by atoms with Crippen LogP contribution in [0.4, 0.5) is 4.79 Å². The first-order valence-electron chi connectivity index (χ1n) is 6.64. The van der Waals surface area contributed by atoms with Gasteiger partial charge in [-0.2, -0.15) is 0 Å². The highest BCUT2D eigenvalue weighted by atomic mass is 16.2. The highest BCUT2D eigenvalue weighted by Gasteiger charge is 2.29. The van der Waals surface area contributed by atoms with Crippen molar-refractivity contribution in [2.45, 2.75) is 52.9 Å². The van der Waals surface area contributed by atoms with Gasteiger partial charge in [0.05, 0.1) is 0 Å². The van der Waals surface area contributed by atoms with Gasteiger partial charge in [0.1, 0.15) is 0 Å². The van der Waals surface area contributed by atoms with E-state index >= 15 is 0 Å². The van der Waals surface area contributed by atoms with Crippen LogP contribution in [-0.2, 0) is 0 Å². The molecule has 0 aliphatic carbocycles. The summed E-state index contributed by atoms with van der Waals surface area (Å²) in [6.07, 6.45) is 5.72. The quantitative estimate of drug-likeness (QED) is 0.734. The Balaban J connectivity index is 2.27. The second-order valence-corrected chi connectivity index (χ2v) is 5.24. The molecule has 2 amide bonds. The molecule has 3 nitrogen and oxygen atoms in total. The van der Waals surface area contributed by atoms with Crippen LogP contribution in [0, 0.1) is 5.41 Å². The zero-order chi connectivity index (χ0) is 12.0. The van der Waals surface area contributed by atoms with Gasteiger partial charge in [-0.05, 0) is 24.7 Å². The molecule has 1 rings (SSSR count). The van der Waals surface area contributed by atoms with Crippen molar-refractivity contribution in [3.05, 3.63) is 0 Å². The molecule has 0 bridgehead atoms. The fraction of sp³-hybridized carbons (Fsp3) is 0.923. The third kappa shape index (κ3) is 3.69. The summed E-state index contributed by atoms with van der Waals surface area (Å²) in [6.45, 7) is 9.37. The Morgan fingerprint density at radius 2 is 1.94 bits per heavy atom. The molecule has 3 heteroatoms. The van der Waals surface area contributed by atoms with Gasteiger partial charge >= 0.3 is 6.03 Å². The van der Waals surface area contributed by atoms with Crippen molar-refractivity contribution in [2.24, 2.45) is 5.41 Å². The molecule has 0 aromatic rings. The Morgan fingerprint density at radius 1 is 1.31 bits per heavy atom. The van der Waals surface area contributed by atoms with Crippen LogP contribution in [0.2, 0.25) is 0 Å². The summed E-state index contributed by atoms with van der Waals surface area (Å²) in [4.78, 5) is 13.8. The number of carbonyl (C=O) groups excluding carboxylic acids is 1. The first kappa shape index (κ1) is 13.3. The summed E-state index contributed by atoms with van der Waals surface area (Å²) in [5.74, 6) is 0. The van der Waals surface area contributed by atoms with Gasteiger partial charge in [-0.3, -0.25) is 0 Å². The van der Waals surface area contributed by atoms with E-state index in [0.717, 1.165) is 45.3 Å². The van der Waals surface area contributed by atoms with E-state index in [9.17, 15) is 4.79 Å². The highest BCUT2D eigenvalue weighted by molar-refractivity contribution is 5.74. The summed E-state index contributed by atoms with van der Waals surface area (Å²) in [6, 6.07) is 0.131. The van der Waals surface area contributed by atoms with Crippen LogP contribution in [0.3, 0.4) is 0 Å². The van der Waals surface area contributed by atoms with Crippen molar-refractivity contribution in [3.8, 4) is 0 Å². The maximum absolute atomic E-state index is 11.8. The Morgan fingerprint density at radius 3 is 2.44 bits per heavy atom. The van der Waals surface area contributed by atoms with Crippen molar-refractivity contribution in [1.29, 1.82) is 0 Å². The first-order chi connectivity index (χ1) is 7.61. The molecule has 1 fully saturated rings. The number of likely N-dealkylation sites (tertiary alicyclic amines) is 1. The van der Waals surface area contributed by atoms with Gasteiger partial charge in [0, 0.05) is 19.6 Å². The lowest BCUT2D eigenvalue weighted by atomic mass is 9.78. The van der Waals surface area contributed by atoms with E-state index in [2.05, 4.69) is 26.1 Å². The van der Waals surface area contributed by atoms with Crippen molar-refractivity contribution in [3.63, 3.8) is 0 Å². The molecule has 16 heavy (non-hydrogen) atoms. The number of piperidine rings is 1. The third-order valence-electron chi connectivity index (χ3n) is 3.92. The zero-order valence-corrected chi connectivity index (χ0v) is 11.0. The van der Waals surface area contributed by atoms with E-state index in [4.69, 9.17) is 0 Å². The molecule has 0 spiro atoms. The Labute approximate surface area is 99.6 Å². The van der Waals surface area contributed by atoms with E-state index in [-0.39, 0.29) is 6.03 Å². The minimum absolute atomic E-state index is 0.131. The number of urea groups is 1. The van der Waals surface area contributed by atoms with Crippen LogP contribution in [0.1, 0.15) is 52.9 Å². The van der Waals surface area contributed by atoms with Crippen LogP contribution in [-0.4, -0.2) is 30.6 Å². The molecule has 0 aromatic heterocycles. The smallest absolute Gasteiger partial charge is 0.317 e. The molecule has 0 atom stereocenters. The van der Waals surface area contributed by atoms with Gasteiger partial charge in [0.25, 0.3) is 0 Å². The van der Waals surface area contributed by atoms with Gasteiger partial charge in [-0.1, -0.05) is 33.6 Å². The van der Waals surface area contributed by atoms with Crippen LogP contribution in [0.15, 0.2) is 0 Å². The summed E-state index contributed by atoms with van der Waals surface area (Å²) >= 11 is 0. The Hall–Kier alpha value is -0.730. The number of carbonyl (C=O) groups is 1. The molecule has 1 heterocycles. The predicted molar refractivity (Wildman–Crippen MR) is 67.5 cm³/mol. The lowest BCUT2D eigenvalue weighted by Crippen LogP contribution is -2.46. The molecule has 1 saturated heterocycles. The van der Waals surface area contributed by atoms with Crippen LogP contribution in [0.5, 0.6) is 0 Å². The van der Waals surface area contributed by atoms with E-state index in [1.54, 1.807) is 0 Å². The van der Waals surface area contributed by atoms with E-state index in [1.807, 2.05) is 4.90 Å². The van der Waals surface area contributed by atoms with Crippen LogP contribution in [0.25, 0.3) is 0 Å². The van der Waals surface area contributed by atoms with Crippen LogP contribution < -0.4 is 5.32 Å². The minimum atomic E-state index is 0.131.